The number of ether oxygens (including phenoxy) is 2. The molecule has 1 aromatic carbocycles. The van der Waals surface area contributed by atoms with E-state index in [1.807, 2.05) is 26.8 Å². The first-order valence-electron chi connectivity index (χ1n) is 7.37. The Morgan fingerprint density at radius 1 is 1.13 bits per heavy atom. The van der Waals surface area contributed by atoms with Gasteiger partial charge in [0.2, 0.25) is 0 Å². The molecule has 2 rings (SSSR count). The van der Waals surface area contributed by atoms with Crippen LogP contribution in [0.25, 0.3) is 0 Å². The molecule has 0 radical (unpaired) electrons. The zero-order chi connectivity index (χ0) is 16.8. The minimum Gasteiger partial charge on any atom is -0.494 e. The van der Waals surface area contributed by atoms with Gasteiger partial charge < -0.3 is 14.8 Å². The highest BCUT2D eigenvalue weighted by Crippen LogP contribution is 2.24. The van der Waals surface area contributed by atoms with E-state index in [0.717, 1.165) is 9.13 Å². The quantitative estimate of drug-likeness (QED) is 0.709. The Kier molecular flexibility index (Phi) is 6.20. The Hall–Kier alpha value is -1.83. The average molecular weight is 426 g/mol. The number of pyridine rings is 1. The van der Waals surface area contributed by atoms with Gasteiger partial charge in [0.05, 0.1) is 13.2 Å². The van der Waals surface area contributed by atoms with Crippen molar-refractivity contribution in [1.82, 2.24) is 4.98 Å². The normalized spacial score (nSPS) is 10.3. The molecule has 0 saturated carbocycles. The maximum Gasteiger partial charge on any atom is 0.257 e. The van der Waals surface area contributed by atoms with Crippen LogP contribution in [-0.4, -0.2) is 24.1 Å². The van der Waals surface area contributed by atoms with E-state index < -0.39 is 0 Å². The Labute approximate surface area is 149 Å². The van der Waals surface area contributed by atoms with Gasteiger partial charge in [-0.05, 0) is 67.1 Å². The van der Waals surface area contributed by atoms with Crippen molar-refractivity contribution in [3.63, 3.8) is 0 Å². The molecule has 0 aliphatic rings. The largest absolute Gasteiger partial charge is 0.494 e. The van der Waals surface area contributed by atoms with E-state index in [4.69, 9.17) is 9.47 Å². The molecule has 0 fully saturated rings. The third-order valence-corrected chi connectivity index (χ3v) is 3.63. The maximum atomic E-state index is 12.5. The Balaban J connectivity index is 2.26. The molecule has 1 amide bonds. The molecule has 1 N–H and O–H groups in total. The molecule has 0 aliphatic heterocycles. The van der Waals surface area contributed by atoms with Gasteiger partial charge in [-0.1, -0.05) is 0 Å². The fourth-order valence-corrected chi connectivity index (χ4v) is 2.66. The van der Waals surface area contributed by atoms with Crippen LogP contribution in [0.15, 0.2) is 30.5 Å². The summed E-state index contributed by atoms with van der Waals surface area (Å²) in [6.07, 6.45) is 1.71. The summed E-state index contributed by atoms with van der Waals surface area (Å²) < 4.78 is 12.0. The van der Waals surface area contributed by atoms with E-state index in [0.29, 0.717) is 36.1 Å². The lowest BCUT2D eigenvalue weighted by molar-refractivity contribution is 0.102. The van der Waals surface area contributed by atoms with E-state index in [2.05, 4.69) is 32.9 Å². The molecule has 0 unspecified atom stereocenters. The van der Waals surface area contributed by atoms with Crippen molar-refractivity contribution in [2.75, 3.05) is 18.5 Å². The zero-order valence-corrected chi connectivity index (χ0v) is 15.5. The highest BCUT2D eigenvalue weighted by Gasteiger charge is 2.12. The molecule has 2 aromatic rings. The topological polar surface area (TPSA) is 60.5 Å². The second-order valence-electron chi connectivity index (χ2n) is 4.83. The fraction of sp³-hybridized carbons (Fsp3) is 0.294. The zero-order valence-electron chi connectivity index (χ0n) is 13.4. The van der Waals surface area contributed by atoms with Crippen LogP contribution < -0.4 is 14.8 Å². The van der Waals surface area contributed by atoms with E-state index in [9.17, 15) is 4.79 Å². The van der Waals surface area contributed by atoms with Gasteiger partial charge in [0.25, 0.3) is 5.91 Å². The van der Waals surface area contributed by atoms with Crippen LogP contribution in [-0.2, 0) is 0 Å². The summed E-state index contributed by atoms with van der Waals surface area (Å²) >= 11 is 2.19. The van der Waals surface area contributed by atoms with Gasteiger partial charge in [-0.15, -0.1) is 0 Å². The third-order valence-electron chi connectivity index (χ3n) is 3.04. The third kappa shape index (κ3) is 4.82. The standard InChI is InChI=1S/C17H19IN2O3/c1-4-22-14-7-12(8-15(9-14)23-5-2)17(21)20-16-11(3)6-13(18)10-19-16/h6-10H,4-5H2,1-3H3,(H,19,20,21). The predicted octanol–water partition coefficient (Wildman–Crippen LogP) is 4.04. The number of nitrogens with one attached hydrogen (secondary N) is 1. The first-order valence-corrected chi connectivity index (χ1v) is 8.45. The maximum absolute atomic E-state index is 12.5. The first-order chi connectivity index (χ1) is 11.0. The van der Waals surface area contributed by atoms with Crippen LogP contribution >= 0.6 is 22.6 Å². The van der Waals surface area contributed by atoms with Gasteiger partial charge in [-0.25, -0.2) is 4.98 Å². The van der Waals surface area contributed by atoms with Gasteiger partial charge in [0.1, 0.15) is 17.3 Å². The summed E-state index contributed by atoms with van der Waals surface area (Å²) in [5.41, 5.74) is 1.38. The first kappa shape index (κ1) is 17.5. The highest BCUT2D eigenvalue weighted by molar-refractivity contribution is 14.1. The van der Waals surface area contributed by atoms with Crippen LogP contribution in [0.4, 0.5) is 5.82 Å². The molecule has 5 nitrogen and oxygen atoms in total. The van der Waals surface area contributed by atoms with Crippen LogP contribution in [0.3, 0.4) is 0 Å². The molecule has 0 bridgehead atoms. The van der Waals surface area contributed by atoms with Crippen molar-refractivity contribution in [1.29, 1.82) is 0 Å². The lowest BCUT2D eigenvalue weighted by Gasteiger charge is -2.12. The molecular weight excluding hydrogens is 407 g/mol. The van der Waals surface area contributed by atoms with Crippen LogP contribution in [0.1, 0.15) is 29.8 Å². The van der Waals surface area contributed by atoms with Crippen LogP contribution in [0.2, 0.25) is 0 Å². The van der Waals surface area contributed by atoms with Crippen LogP contribution in [0, 0.1) is 10.5 Å². The molecule has 0 saturated heterocycles. The highest BCUT2D eigenvalue weighted by atomic mass is 127. The summed E-state index contributed by atoms with van der Waals surface area (Å²) in [6, 6.07) is 7.14. The molecule has 0 aliphatic carbocycles. The number of carbonyl (C=O) groups excluding carboxylic acids is 1. The Morgan fingerprint density at radius 3 is 2.26 bits per heavy atom. The van der Waals surface area contributed by atoms with Gasteiger partial charge in [-0.3, -0.25) is 4.79 Å². The van der Waals surface area contributed by atoms with Crippen molar-refractivity contribution in [2.45, 2.75) is 20.8 Å². The number of aryl methyl sites for hydroxylation is 1. The second-order valence-corrected chi connectivity index (χ2v) is 6.08. The van der Waals surface area contributed by atoms with Crippen molar-refractivity contribution < 1.29 is 14.3 Å². The molecular formula is C17H19IN2O3. The van der Waals surface area contributed by atoms with Gasteiger partial charge in [0.15, 0.2) is 0 Å². The molecule has 122 valence electrons. The summed E-state index contributed by atoms with van der Waals surface area (Å²) in [6.45, 7) is 6.74. The second kappa shape index (κ2) is 8.14. The number of carbonyl (C=O) groups is 1. The Bertz CT molecular complexity index is 680. The number of hydrogen-bond donors (Lipinski definition) is 1. The molecule has 0 atom stereocenters. The van der Waals surface area contributed by atoms with Gasteiger partial charge >= 0.3 is 0 Å². The minimum absolute atomic E-state index is 0.246. The van der Waals surface area contributed by atoms with Crippen molar-refractivity contribution >= 4 is 34.3 Å². The number of anilines is 1. The number of rotatable bonds is 6. The van der Waals surface area contributed by atoms with E-state index >= 15 is 0 Å². The lowest BCUT2D eigenvalue weighted by Crippen LogP contribution is -2.14. The van der Waals surface area contributed by atoms with Crippen molar-refractivity contribution in [2.24, 2.45) is 0 Å². The number of hydrogen-bond acceptors (Lipinski definition) is 4. The summed E-state index contributed by atoms with van der Waals surface area (Å²) in [5.74, 6) is 1.52. The van der Waals surface area contributed by atoms with E-state index in [-0.39, 0.29) is 5.91 Å². The summed E-state index contributed by atoms with van der Waals surface area (Å²) in [4.78, 5) is 16.8. The van der Waals surface area contributed by atoms with Gasteiger partial charge in [0, 0.05) is 21.4 Å². The SMILES string of the molecule is CCOc1cc(OCC)cc(C(=O)Nc2ncc(I)cc2C)c1. The number of nitrogens with zero attached hydrogens (tertiary/aromatic N) is 1. The molecule has 6 heteroatoms. The van der Waals surface area contributed by atoms with Crippen LogP contribution in [0.5, 0.6) is 11.5 Å². The lowest BCUT2D eigenvalue weighted by atomic mass is 10.1. The monoisotopic (exact) mass is 426 g/mol. The molecule has 1 heterocycles. The minimum atomic E-state index is -0.246. The number of amides is 1. The van der Waals surface area contributed by atoms with E-state index in [1.165, 1.54) is 0 Å². The average Bonchev–Trinajstić information content (AvgIpc) is 2.50. The fourth-order valence-electron chi connectivity index (χ4n) is 2.05. The number of halogens is 1. The molecule has 0 spiro atoms. The predicted molar refractivity (Wildman–Crippen MR) is 98.4 cm³/mol. The summed E-state index contributed by atoms with van der Waals surface area (Å²) in [5, 5.41) is 2.83. The molecule has 23 heavy (non-hydrogen) atoms. The van der Waals surface area contributed by atoms with Gasteiger partial charge in [-0.2, -0.15) is 0 Å². The van der Waals surface area contributed by atoms with Crippen molar-refractivity contribution in [3.05, 3.63) is 45.2 Å². The molecule has 1 aromatic heterocycles. The number of benzene rings is 1. The summed E-state index contributed by atoms with van der Waals surface area (Å²) in [7, 11) is 0. The van der Waals surface area contributed by atoms with E-state index in [1.54, 1.807) is 24.4 Å². The Morgan fingerprint density at radius 2 is 1.74 bits per heavy atom. The smallest absolute Gasteiger partial charge is 0.257 e. The van der Waals surface area contributed by atoms with Crippen molar-refractivity contribution in [3.8, 4) is 11.5 Å². The number of aromatic nitrogens is 1.